The van der Waals surface area contributed by atoms with Crippen LogP contribution in [0.25, 0.3) is 0 Å². The van der Waals surface area contributed by atoms with Gasteiger partial charge in [-0.1, -0.05) is 20.8 Å². The minimum absolute atomic E-state index is 0.845. The van der Waals surface area contributed by atoms with Gasteiger partial charge in [0.05, 0.1) is 12.8 Å². The molecule has 0 aliphatic rings. The fourth-order valence-corrected chi connectivity index (χ4v) is 1.73. The predicted octanol–water partition coefficient (Wildman–Crippen LogP) is 2.62. The lowest BCUT2D eigenvalue weighted by atomic mass is 10.2. The molecule has 1 aromatic heterocycles. The molecule has 0 bridgehead atoms. The Labute approximate surface area is 98.8 Å². The number of hydrogen-bond acceptors (Lipinski definition) is 3. The van der Waals surface area contributed by atoms with Crippen molar-refractivity contribution < 1.29 is 4.42 Å². The van der Waals surface area contributed by atoms with E-state index in [-0.39, 0.29) is 0 Å². The molecule has 3 nitrogen and oxygen atoms in total. The van der Waals surface area contributed by atoms with Gasteiger partial charge in [-0.2, -0.15) is 0 Å². The molecule has 92 valence electrons. The summed E-state index contributed by atoms with van der Waals surface area (Å²) in [5, 5.41) is 3.37. The van der Waals surface area contributed by atoms with Crippen LogP contribution in [0, 0.1) is 0 Å². The van der Waals surface area contributed by atoms with E-state index >= 15 is 0 Å². The topological polar surface area (TPSA) is 28.4 Å². The van der Waals surface area contributed by atoms with E-state index in [1.165, 1.54) is 5.56 Å². The third-order valence-corrected chi connectivity index (χ3v) is 2.84. The maximum Gasteiger partial charge on any atom is 0.122 e. The molecule has 16 heavy (non-hydrogen) atoms. The number of nitrogens with one attached hydrogen (secondary N) is 1. The summed E-state index contributed by atoms with van der Waals surface area (Å²) in [6.07, 6.45) is 2.95. The number of nitrogens with zero attached hydrogens (tertiary/aromatic N) is 1. The molecule has 1 heterocycles. The Morgan fingerprint density at radius 3 is 2.62 bits per heavy atom. The minimum Gasteiger partial charge on any atom is -0.468 e. The van der Waals surface area contributed by atoms with Crippen molar-refractivity contribution in [3.63, 3.8) is 0 Å². The van der Waals surface area contributed by atoms with Crippen LogP contribution >= 0.6 is 0 Å². The van der Waals surface area contributed by atoms with Crippen LogP contribution in [0.4, 0.5) is 0 Å². The Balaban J connectivity index is 2.49. The fourth-order valence-electron chi connectivity index (χ4n) is 1.73. The zero-order chi connectivity index (χ0) is 11.8. The van der Waals surface area contributed by atoms with Crippen LogP contribution in [0.5, 0.6) is 0 Å². The van der Waals surface area contributed by atoms with Crippen molar-refractivity contribution in [3.8, 4) is 0 Å². The normalized spacial score (nSPS) is 11.2. The van der Waals surface area contributed by atoms with Gasteiger partial charge in [0.2, 0.25) is 0 Å². The van der Waals surface area contributed by atoms with Gasteiger partial charge < -0.3 is 9.73 Å². The first-order chi connectivity index (χ1) is 7.81. The van der Waals surface area contributed by atoms with Crippen molar-refractivity contribution >= 4 is 0 Å². The highest BCUT2D eigenvalue weighted by molar-refractivity contribution is 5.16. The van der Waals surface area contributed by atoms with E-state index in [1.807, 2.05) is 0 Å². The highest BCUT2D eigenvalue weighted by atomic mass is 16.3. The summed E-state index contributed by atoms with van der Waals surface area (Å²) in [5.74, 6) is 1.08. The third kappa shape index (κ3) is 3.99. The van der Waals surface area contributed by atoms with Crippen LogP contribution in [-0.2, 0) is 13.1 Å². The Kier molecular flexibility index (Phi) is 6.19. The molecule has 1 N–H and O–H groups in total. The molecule has 0 amide bonds. The van der Waals surface area contributed by atoms with E-state index in [2.05, 4.69) is 37.1 Å². The van der Waals surface area contributed by atoms with E-state index < -0.39 is 0 Å². The summed E-state index contributed by atoms with van der Waals surface area (Å²) in [4.78, 5) is 2.40. The van der Waals surface area contributed by atoms with Crippen LogP contribution in [0.1, 0.15) is 38.5 Å². The van der Waals surface area contributed by atoms with Gasteiger partial charge in [-0.05, 0) is 32.1 Å². The van der Waals surface area contributed by atoms with Crippen molar-refractivity contribution in [2.24, 2.45) is 0 Å². The number of furan rings is 1. The molecule has 0 unspecified atom stereocenters. The average Bonchev–Trinajstić information content (AvgIpc) is 2.74. The van der Waals surface area contributed by atoms with Crippen molar-refractivity contribution in [1.82, 2.24) is 10.2 Å². The summed E-state index contributed by atoms with van der Waals surface area (Å²) in [7, 11) is 0. The van der Waals surface area contributed by atoms with Crippen LogP contribution < -0.4 is 5.32 Å². The van der Waals surface area contributed by atoms with Gasteiger partial charge in [-0.3, -0.25) is 4.90 Å². The van der Waals surface area contributed by atoms with Crippen molar-refractivity contribution in [2.75, 3.05) is 19.6 Å². The molecular weight excluding hydrogens is 200 g/mol. The molecule has 0 spiro atoms. The SMILES string of the molecule is CCCNCc1occc1CN(CC)CC. The largest absolute Gasteiger partial charge is 0.468 e. The van der Waals surface area contributed by atoms with Crippen LogP contribution in [0.3, 0.4) is 0 Å². The average molecular weight is 224 g/mol. The first-order valence-electron chi connectivity index (χ1n) is 6.30. The predicted molar refractivity (Wildman–Crippen MR) is 67.3 cm³/mol. The van der Waals surface area contributed by atoms with Gasteiger partial charge in [0.25, 0.3) is 0 Å². The lowest BCUT2D eigenvalue weighted by Gasteiger charge is -2.17. The van der Waals surface area contributed by atoms with Crippen LogP contribution in [0.15, 0.2) is 16.7 Å². The first-order valence-corrected chi connectivity index (χ1v) is 6.30. The third-order valence-electron chi connectivity index (χ3n) is 2.84. The molecule has 1 rings (SSSR count). The quantitative estimate of drug-likeness (QED) is 0.688. The van der Waals surface area contributed by atoms with E-state index in [0.717, 1.165) is 44.9 Å². The summed E-state index contributed by atoms with van der Waals surface area (Å²) in [6, 6.07) is 2.08. The molecule has 0 saturated heterocycles. The second-order valence-corrected chi connectivity index (χ2v) is 4.01. The Morgan fingerprint density at radius 1 is 1.25 bits per heavy atom. The summed E-state index contributed by atoms with van der Waals surface area (Å²) < 4.78 is 5.51. The highest BCUT2D eigenvalue weighted by Gasteiger charge is 2.08. The van der Waals surface area contributed by atoms with E-state index in [4.69, 9.17) is 4.42 Å². The maximum atomic E-state index is 5.51. The fraction of sp³-hybridized carbons (Fsp3) is 0.692. The Hall–Kier alpha value is -0.800. The van der Waals surface area contributed by atoms with Gasteiger partial charge >= 0.3 is 0 Å². The molecule has 0 fully saturated rings. The lowest BCUT2D eigenvalue weighted by molar-refractivity contribution is 0.292. The van der Waals surface area contributed by atoms with E-state index in [0.29, 0.717) is 0 Å². The summed E-state index contributed by atoms with van der Waals surface area (Å²) in [6.45, 7) is 11.6. The molecule has 0 aliphatic carbocycles. The summed E-state index contributed by atoms with van der Waals surface area (Å²) in [5.41, 5.74) is 1.31. The molecule has 0 atom stereocenters. The van der Waals surface area contributed by atoms with Gasteiger partial charge in [0.15, 0.2) is 0 Å². The highest BCUT2D eigenvalue weighted by Crippen LogP contribution is 2.13. The molecule has 3 heteroatoms. The molecule has 0 aliphatic heterocycles. The van der Waals surface area contributed by atoms with Gasteiger partial charge in [0, 0.05) is 12.1 Å². The van der Waals surface area contributed by atoms with E-state index in [1.54, 1.807) is 6.26 Å². The van der Waals surface area contributed by atoms with Crippen LogP contribution in [0.2, 0.25) is 0 Å². The standard InChI is InChI=1S/C13H24N2O/c1-4-8-14-10-13-12(7-9-16-13)11-15(5-2)6-3/h7,9,14H,4-6,8,10-11H2,1-3H3. The van der Waals surface area contributed by atoms with Crippen molar-refractivity contribution in [3.05, 3.63) is 23.7 Å². The van der Waals surface area contributed by atoms with Gasteiger partial charge in [-0.15, -0.1) is 0 Å². The zero-order valence-electron chi connectivity index (χ0n) is 10.8. The second kappa shape index (κ2) is 7.47. The Morgan fingerprint density at radius 2 is 2.00 bits per heavy atom. The minimum atomic E-state index is 0.845. The van der Waals surface area contributed by atoms with Crippen molar-refractivity contribution in [1.29, 1.82) is 0 Å². The molecular formula is C13H24N2O. The maximum absolute atomic E-state index is 5.51. The Bertz CT molecular complexity index is 279. The monoisotopic (exact) mass is 224 g/mol. The van der Waals surface area contributed by atoms with Crippen LogP contribution in [-0.4, -0.2) is 24.5 Å². The lowest BCUT2D eigenvalue weighted by Crippen LogP contribution is -2.23. The zero-order valence-corrected chi connectivity index (χ0v) is 10.8. The second-order valence-electron chi connectivity index (χ2n) is 4.01. The van der Waals surface area contributed by atoms with Crippen molar-refractivity contribution in [2.45, 2.75) is 40.3 Å². The molecule has 0 radical (unpaired) electrons. The molecule has 0 aromatic carbocycles. The number of hydrogen-bond donors (Lipinski definition) is 1. The van der Waals surface area contributed by atoms with E-state index in [9.17, 15) is 0 Å². The summed E-state index contributed by atoms with van der Waals surface area (Å²) >= 11 is 0. The van der Waals surface area contributed by atoms with Gasteiger partial charge in [-0.25, -0.2) is 0 Å². The first kappa shape index (κ1) is 13.3. The van der Waals surface area contributed by atoms with Gasteiger partial charge in [0.1, 0.15) is 5.76 Å². The number of rotatable bonds is 8. The molecule has 0 saturated carbocycles. The smallest absolute Gasteiger partial charge is 0.122 e. The molecule has 1 aromatic rings.